The van der Waals surface area contributed by atoms with Crippen molar-refractivity contribution in [3.63, 3.8) is 0 Å². The van der Waals surface area contributed by atoms with Crippen LogP contribution in [-0.4, -0.2) is 32.0 Å². The molecule has 8 heteroatoms. The van der Waals surface area contributed by atoms with Crippen LogP contribution in [0.2, 0.25) is 0 Å². The number of aromatic nitrogens is 4. The lowest BCUT2D eigenvalue weighted by Gasteiger charge is -2.07. The van der Waals surface area contributed by atoms with Crippen LogP contribution in [0.3, 0.4) is 0 Å². The summed E-state index contributed by atoms with van der Waals surface area (Å²) < 4.78 is 0. The van der Waals surface area contributed by atoms with Gasteiger partial charge in [0.15, 0.2) is 5.69 Å². The van der Waals surface area contributed by atoms with Crippen LogP contribution in [0.15, 0.2) is 61.2 Å². The maximum atomic E-state index is 12.7. The molecule has 5 rings (SSSR count). The second-order valence-corrected chi connectivity index (χ2v) is 7.25. The van der Waals surface area contributed by atoms with Gasteiger partial charge in [-0.05, 0) is 48.7 Å². The monoisotopic (exact) mass is 398 g/mol. The first-order valence-corrected chi connectivity index (χ1v) is 9.63. The molecule has 1 aliphatic rings. The zero-order valence-corrected chi connectivity index (χ0v) is 15.9. The molecule has 0 radical (unpaired) electrons. The second kappa shape index (κ2) is 7.40. The highest BCUT2D eigenvalue weighted by atomic mass is 16.2. The molecule has 3 N–H and O–H groups in total. The zero-order valence-electron chi connectivity index (χ0n) is 15.9. The van der Waals surface area contributed by atoms with Gasteiger partial charge in [0, 0.05) is 41.1 Å². The number of carbonyl (C=O) groups is 2. The molecule has 0 atom stereocenters. The Balaban J connectivity index is 1.44. The summed E-state index contributed by atoms with van der Waals surface area (Å²) >= 11 is 0. The number of benzene rings is 1. The van der Waals surface area contributed by atoms with E-state index in [4.69, 9.17) is 0 Å². The molecule has 1 fully saturated rings. The van der Waals surface area contributed by atoms with Crippen LogP contribution in [0.5, 0.6) is 0 Å². The highest BCUT2D eigenvalue weighted by Gasteiger charge is 2.29. The van der Waals surface area contributed by atoms with Crippen molar-refractivity contribution in [3.8, 4) is 11.1 Å². The Bertz CT molecular complexity index is 1250. The average Bonchev–Trinajstić information content (AvgIpc) is 3.54. The van der Waals surface area contributed by atoms with Crippen molar-refractivity contribution in [2.75, 3.05) is 10.6 Å². The van der Waals surface area contributed by atoms with Gasteiger partial charge in [-0.2, -0.15) is 5.10 Å². The number of anilines is 2. The molecule has 4 aromatic rings. The zero-order chi connectivity index (χ0) is 20.5. The third-order valence-corrected chi connectivity index (χ3v) is 5.00. The van der Waals surface area contributed by atoms with Crippen molar-refractivity contribution in [1.82, 2.24) is 20.2 Å². The van der Waals surface area contributed by atoms with Crippen molar-refractivity contribution >= 4 is 34.1 Å². The number of hydrogen-bond donors (Lipinski definition) is 3. The molecule has 30 heavy (non-hydrogen) atoms. The lowest BCUT2D eigenvalue weighted by Crippen LogP contribution is -2.13. The summed E-state index contributed by atoms with van der Waals surface area (Å²) in [6.07, 6.45) is 8.47. The first kappa shape index (κ1) is 18.0. The van der Waals surface area contributed by atoms with E-state index in [0.29, 0.717) is 22.5 Å². The van der Waals surface area contributed by atoms with Crippen LogP contribution < -0.4 is 10.6 Å². The Labute approximate surface area is 171 Å². The predicted octanol–water partition coefficient (Wildman–Crippen LogP) is 3.62. The van der Waals surface area contributed by atoms with Crippen LogP contribution >= 0.6 is 0 Å². The highest BCUT2D eigenvalue weighted by Crippen LogP contribution is 2.31. The van der Waals surface area contributed by atoms with Crippen molar-refractivity contribution in [2.24, 2.45) is 5.92 Å². The average molecular weight is 398 g/mol. The Morgan fingerprint density at radius 1 is 0.900 bits per heavy atom. The van der Waals surface area contributed by atoms with Gasteiger partial charge < -0.3 is 10.6 Å². The van der Waals surface area contributed by atoms with Crippen molar-refractivity contribution in [3.05, 3.63) is 66.9 Å². The van der Waals surface area contributed by atoms with Gasteiger partial charge in [0.25, 0.3) is 5.91 Å². The lowest BCUT2D eigenvalue weighted by atomic mass is 10.0. The maximum Gasteiger partial charge on any atom is 0.276 e. The minimum atomic E-state index is -0.312. The van der Waals surface area contributed by atoms with Gasteiger partial charge in [-0.1, -0.05) is 6.07 Å². The maximum absolute atomic E-state index is 12.7. The number of hydrogen-bond acceptors (Lipinski definition) is 5. The van der Waals surface area contributed by atoms with Crippen LogP contribution in [0, 0.1) is 5.92 Å². The van der Waals surface area contributed by atoms with Gasteiger partial charge >= 0.3 is 0 Å². The molecule has 8 nitrogen and oxygen atoms in total. The standard InChI is InChI=1S/C22H18N6O2/c29-21(13-1-2-13)26-17-9-15(11-24-12-17)14-3-4-19-18(10-14)20(28-27-19)22(30)25-16-5-7-23-8-6-16/h3-13H,1-2H2,(H,26,29)(H,27,28)(H,23,25,30). The number of fused-ring (bicyclic) bond motifs is 1. The Morgan fingerprint density at radius 3 is 2.53 bits per heavy atom. The molecule has 3 heterocycles. The number of amides is 2. The normalized spacial score (nSPS) is 13.2. The van der Waals surface area contributed by atoms with E-state index in [0.717, 1.165) is 29.5 Å². The minimum absolute atomic E-state index is 0.0364. The molecule has 0 aliphatic heterocycles. The minimum Gasteiger partial charge on any atom is -0.324 e. The molecule has 1 aliphatic carbocycles. The fraction of sp³-hybridized carbons (Fsp3) is 0.136. The number of rotatable bonds is 5. The Morgan fingerprint density at radius 2 is 1.73 bits per heavy atom. The number of carbonyl (C=O) groups excluding carboxylic acids is 2. The number of aromatic amines is 1. The summed E-state index contributed by atoms with van der Waals surface area (Å²) in [5.41, 5.74) is 4.07. The van der Waals surface area contributed by atoms with E-state index in [-0.39, 0.29) is 17.7 Å². The Hall–Kier alpha value is -4.07. The quantitative estimate of drug-likeness (QED) is 0.475. The molecule has 1 saturated carbocycles. The number of nitrogens with one attached hydrogen (secondary N) is 3. The van der Waals surface area contributed by atoms with Crippen LogP contribution in [0.4, 0.5) is 11.4 Å². The van der Waals surface area contributed by atoms with Gasteiger partial charge in [0.2, 0.25) is 5.91 Å². The smallest absolute Gasteiger partial charge is 0.276 e. The van der Waals surface area contributed by atoms with E-state index in [2.05, 4.69) is 30.8 Å². The fourth-order valence-corrected chi connectivity index (χ4v) is 3.25. The van der Waals surface area contributed by atoms with Crippen molar-refractivity contribution < 1.29 is 9.59 Å². The summed E-state index contributed by atoms with van der Waals surface area (Å²) in [7, 11) is 0. The molecule has 0 bridgehead atoms. The van der Waals surface area contributed by atoms with E-state index >= 15 is 0 Å². The molecular weight excluding hydrogens is 380 g/mol. The van der Waals surface area contributed by atoms with Gasteiger partial charge in [-0.25, -0.2) is 0 Å². The van der Waals surface area contributed by atoms with Crippen molar-refractivity contribution in [1.29, 1.82) is 0 Å². The fourth-order valence-electron chi connectivity index (χ4n) is 3.25. The molecule has 148 valence electrons. The van der Waals surface area contributed by atoms with E-state index < -0.39 is 0 Å². The number of nitrogens with zero attached hydrogens (tertiary/aromatic N) is 3. The van der Waals surface area contributed by atoms with Gasteiger partial charge in [0.1, 0.15) is 0 Å². The molecule has 0 spiro atoms. The first-order valence-electron chi connectivity index (χ1n) is 9.63. The van der Waals surface area contributed by atoms with E-state index in [1.165, 1.54) is 0 Å². The number of H-pyrrole nitrogens is 1. The largest absolute Gasteiger partial charge is 0.324 e. The van der Waals surface area contributed by atoms with E-state index in [1.807, 2.05) is 24.3 Å². The summed E-state index contributed by atoms with van der Waals surface area (Å²) in [6.45, 7) is 0. The van der Waals surface area contributed by atoms with Crippen LogP contribution in [-0.2, 0) is 4.79 Å². The van der Waals surface area contributed by atoms with Gasteiger partial charge in [-0.15, -0.1) is 0 Å². The Kier molecular flexibility index (Phi) is 4.44. The molecule has 2 amide bonds. The van der Waals surface area contributed by atoms with Gasteiger partial charge in [0.05, 0.1) is 17.4 Å². The lowest BCUT2D eigenvalue weighted by molar-refractivity contribution is -0.117. The number of pyridine rings is 2. The molecule has 0 unspecified atom stereocenters. The predicted molar refractivity (Wildman–Crippen MR) is 113 cm³/mol. The third kappa shape index (κ3) is 3.62. The van der Waals surface area contributed by atoms with Crippen molar-refractivity contribution in [2.45, 2.75) is 12.8 Å². The van der Waals surface area contributed by atoms with Gasteiger partial charge in [-0.3, -0.25) is 24.7 Å². The third-order valence-electron chi connectivity index (χ3n) is 5.00. The van der Waals surface area contributed by atoms with E-state index in [9.17, 15) is 9.59 Å². The molecular formula is C22H18N6O2. The highest BCUT2D eigenvalue weighted by molar-refractivity contribution is 6.11. The second-order valence-electron chi connectivity index (χ2n) is 7.25. The summed E-state index contributed by atoms with van der Waals surface area (Å²) in [6, 6.07) is 11.0. The summed E-state index contributed by atoms with van der Waals surface area (Å²) in [5.74, 6) is -0.153. The molecule has 1 aromatic carbocycles. The molecule has 3 aromatic heterocycles. The SMILES string of the molecule is O=C(Nc1ccncc1)c1n[nH]c2ccc(-c3cncc(NC(=O)C4CC4)c3)cc12. The van der Waals surface area contributed by atoms with Crippen LogP contribution in [0.25, 0.3) is 22.0 Å². The summed E-state index contributed by atoms with van der Waals surface area (Å²) in [5, 5.41) is 13.5. The van der Waals surface area contributed by atoms with E-state index in [1.54, 1.807) is 36.9 Å². The first-order chi connectivity index (χ1) is 14.7. The van der Waals surface area contributed by atoms with Crippen LogP contribution in [0.1, 0.15) is 23.3 Å². The summed E-state index contributed by atoms with van der Waals surface area (Å²) in [4.78, 5) is 32.9. The topological polar surface area (TPSA) is 113 Å². The molecule has 0 saturated heterocycles.